The lowest BCUT2D eigenvalue weighted by Crippen LogP contribution is -2.34. The normalized spacial score (nSPS) is 21.0. The molecule has 0 bridgehead atoms. The van der Waals surface area contributed by atoms with E-state index in [1.54, 1.807) is 6.20 Å². The second-order valence-corrected chi connectivity index (χ2v) is 4.70. The highest BCUT2D eigenvalue weighted by Gasteiger charge is 2.20. The summed E-state index contributed by atoms with van der Waals surface area (Å²) in [5, 5.41) is 7.64. The van der Waals surface area contributed by atoms with Crippen LogP contribution in [-0.4, -0.2) is 23.4 Å². The van der Waals surface area contributed by atoms with Gasteiger partial charge in [0.15, 0.2) is 0 Å². The van der Waals surface area contributed by atoms with Crippen LogP contribution < -0.4 is 10.6 Å². The molecule has 2 heterocycles. The van der Waals surface area contributed by atoms with Crippen molar-refractivity contribution in [2.45, 2.75) is 38.6 Å². The summed E-state index contributed by atoms with van der Waals surface area (Å²) in [6, 6.07) is 2.33. The highest BCUT2D eigenvalue weighted by Crippen LogP contribution is 2.26. The van der Waals surface area contributed by atoms with Gasteiger partial charge in [0.2, 0.25) is 0 Å². The first-order chi connectivity index (χ1) is 8.20. The van der Waals surface area contributed by atoms with Gasteiger partial charge in [-0.3, -0.25) is 10.4 Å². The minimum Gasteiger partial charge on any atom is -0.384 e. The van der Waals surface area contributed by atoms with Crippen LogP contribution in [0.1, 0.15) is 38.2 Å². The Bertz CT molecular complexity index is 402. The van der Waals surface area contributed by atoms with E-state index in [4.69, 9.17) is 11.1 Å². The first kappa shape index (κ1) is 11.9. The van der Waals surface area contributed by atoms with Gasteiger partial charge in [-0.15, -0.1) is 0 Å². The molecule has 0 saturated carbocycles. The maximum atomic E-state index is 7.64. The van der Waals surface area contributed by atoms with Gasteiger partial charge >= 0.3 is 0 Å². The third-order valence-electron chi connectivity index (χ3n) is 3.45. The summed E-state index contributed by atoms with van der Waals surface area (Å²) in [5.41, 5.74) is 7.44. The summed E-state index contributed by atoms with van der Waals surface area (Å²) in [6.07, 6.45) is 8.51. The molecular weight excluding hydrogens is 212 g/mol. The molecule has 4 nitrogen and oxygen atoms in total. The maximum Gasteiger partial charge on any atom is 0.125 e. The quantitative estimate of drug-likeness (QED) is 0.606. The molecule has 3 N–H and O–H groups in total. The number of nitrogen functional groups attached to an aromatic ring is 1. The number of anilines is 1. The third kappa shape index (κ3) is 2.57. The van der Waals surface area contributed by atoms with Crippen LogP contribution >= 0.6 is 0 Å². The number of amidine groups is 1. The van der Waals surface area contributed by atoms with E-state index >= 15 is 0 Å². The van der Waals surface area contributed by atoms with Crippen LogP contribution in [0.3, 0.4) is 0 Å². The Balaban J connectivity index is 2.34. The zero-order valence-corrected chi connectivity index (χ0v) is 10.3. The molecular formula is C13H20N4. The molecule has 0 radical (unpaired) electrons. The van der Waals surface area contributed by atoms with Gasteiger partial charge in [-0.2, -0.15) is 0 Å². The number of nitrogens with one attached hydrogen (secondary N) is 1. The van der Waals surface area contributed by atoms with Gasteiger partial charge in [-0.05, 0) is 25.8 Å². The first-order valence-electron chi connectivity index (χ1n) is 6.25. The summed E-state index contributed by atoms with van der Waals surface area (Å²) in [5.74, 6) is 0.124. The molecule has 1 saturated heterocycles. The minimum absolute atomic E-state index is 0.124. The SMILES string of the molecule is CC1CCCCCN1c1cnccc1C(=N)N. The van der Waals surface area contributed by atoms with Crippen molar-refractivity contribution in [1.29, 1.82) is 5.41 Å². The summed E-state index contributed by atoms with van der Waals surface area (Å²) in [7, 11) is 0. The smallest absolute Gasteiger partial charge is 0.125 e. The Labute approximate surface area is 102 Å². The Morgan fingerprint density at radius 2 is 2.29 bits per heavy atom. The van der Waals surface area contributed by atoms with Crippen LogP contribution in [0.5, 0.6) is 0 Å². The van der Waals surface area contributed by atoms with E-state index in [0.29, 0.717) is 6.04 Å². The molecule has 1 aromatic rings. The zero-order chi connectivity index (χ0) is 12.3. The van der Waals surface area contributed by atoms with Gasteiger partial charge in [0, 0.05) is 24.3 Å². The fraction of sp³-hybridized carbons (Fsp3) is 0.538. The Kier molecular flexibility index (Phi) is 3.61. The molecule has 92 valence electrons. The molecule has 0 aliphatic carbocycles. The van der Waals surface area contributed by atoms with Crippen LogP contribution in [0, 0.1) is 5.41 Å². The number of nitrogens with zero attached hydrogens (tertiary/aromatic N) is 2. The zero-order valence-electron chi connectivity index (χ0n) is 10.3. The lowest BCUT2D eigenvalue weighted by Gasteiger charge is -2.30. The van der Waals surface area contributed by atoms with Crippen molar-refractivity contribution >= 4 is 11.5 Å². The largest absolute Gasteiger partial charge is 0.384 e. The van der Waals surface area contributed by atoms with Crippen LogP contribution in [0.15, 0.2) is 18.5 Å². The highest BCUT2D eigenvalue weighted by molar-refractivity contribution is 6.00. The lowest BCUT2D eigenvalue weighted by molar-refractivity contribution is 0.615. The maximum absolute atomic E-state index is 7.64. The number of pyridine rings is 1. The molecule has 1 fully saturated rings. The van der Waals surface area contributed by atoms with Crippen molar-refractivity contribution < 1.29 is 0 Å². The number of hydrogen-bond donors (Lipinski definition) is 2. The molecule has 1 unspecified atom stereocenters. The number of rotatable bonds is 2. The standard InChI is InChI=1S/C13H20N4/c1-10-5-3-2-4-8-17(10)12-9-16-7-6-11(12)13(14)15/h6-7,9-10H,2-5,8H2,1H3,(H3,14,15). The summed E-state index contributed by atoms with van der Waals surface area (Å²) in [6.45, 7) is 3.27. The molecule has 0 spiro atoms. The Hall–Kier alpha value is -1.58. The van der Waals surface area contributed by atoms with E-state index in [0.717, 1.165) is 17.8 Å². The van der Waals surface area contributed by atoms with Crippen molar-refractivity contribution in [1.82, 2.24) is 4.98 Å². The van der Waals surface area contributed by atoms with E-state index in [1.165, 1.54) is 25.7 Å². The lowest BCUT2D eigenvalue weighted by atomic mass is 10.1. The van der Waals surface area contributed by atoms with E-state index in [9.17, 15) is 0 Å². The van der Waals surface area contributed by atoms with Crippen LogP contribution in [0.2, 0.25) is 0 Å². The van der Waals surface area contributed by atoms with Crippen molar-refractivity contribution in [2.24, 2.45) is 5.73 Å². The van der Waals surface area contributed by atoms with E-state index in [-0.39, 0.29) is 5.84 Å². The average Bonchev–Trinajstić information content (AvgIpc) is 2.54. The first-order valence-corrected chi connectivity index (χ1v) is 6.25. The molecule has 17 heavy (non-hydrogen) atoms. The number of aromatic nitrogens is 1. The van der Waals surface area contributed by atoms with Crippen LogP contribution in [0.25, 0.3) is 0 Å². The summed E-state index contributed by atoms with van der Waals surface area (Å²) in [4.78, 5) is 6.52. The van der Waals surface area contributed by atoms with Crippen molar-refractivity contribution in [3.63, 3.8) is 0 Å². The molecule has 2 rings (SSSR count). The number of nitrogens with two attached hydrogens (primary N) is 1. The van der Waals surface area contributed by atoms with E-state index in [2.05, 4.69) is 16.8 Å². The highest BCUT2D eigenvalue weighted by atomic mass is 15.2. The van der Waals surface area contributed by atoms with Crippen molar-refractivity contribution in [2.75, 3.05) is 11.4 Å². The topological polar surface area (TPSA) is 66.0 Å². The van der Waals surface area contributed by atoms with E-state index < -0.39 is 0 Å². The average molecular weight is 232 g/mol. The fourth-order valence-electron chi connectivity index (χ4n) is 2.48. The van der Waals surface area contributed by atoms with Gasteiger partial charge in [0.1, 0.15) is 5.84 Å². The Morgan fingerprint density at radius 1 is 1.47 bits per heavy atom. The van der Waals surface area contributed by atoms with Gasteiger partial charge in [0.05, 0.1) is 11.9 Å². The van der Waals surface area contributed by atoms with Crippen LogP contribution in [-0.2, 0) is 0 Å². The summed E-state index contributed by atoms with van der Waals surface area (Å²) < 4.78 is 0. The fourth-order valence-corrected chi connectivity index (χ4v) is 2.48. The molecule has 1 aromatic heterocycles. The molecule has 4 heteroatoms. The second kappa shape index (κ2) is 5.17. The van der Waals surface area contributed by atoms with Gasteiger partial charge in [-0.1, -0.05) is 12.8 Å². The molecule has 1 aliphatic rings. The van der Waals surface area contributed by atoms with Crippen LogP contribution in [0.4, 0.5) is 5.69 Å². The minimum atomic E-state index is 0.124. The molecule has 0 aromatic carbocycles. The predicted octanol–water partition coefficient (Wildman–Crippen LogP) is 2.13. The molecule has 1 aliphatic heterocycles. The van der Waals surface area contributed by atoms with E-state index in [1.807, 2.05) is 12.3 Å². The summed E-state index contributed by atoms with van der Waals surface area (Å²) >= 11 is 0. The monoisotopic (exact) mass is 232 g/mol. The molecule has 0 amide bonds. The van der Waals surface area contributed by atoms with Crippen molar-refractivity contribution in [3.05, 3.63) is 24.0 Å². The third-order valence-corrected chi connectivity index (χ3v) is 3.45. The van der Waals surface area contributed by atoms with Crippen molar-refractivity contribution in [3.8, 4) is 0 Å². The Morgan fingerprint density at radius 3 is 3.06 bits per heavy atom. The van der Waals surface area contributed by atoms with Gasteiger partial charge in [-0.25, -0.2) is 0 Å². The predicted molar refractivity (Wildman–Crippen MR) is 70.5 cm³/mol. The molecule has 1 atom stereocenters. The second-order valence-electron chi connectivity index (χ2n) is 4.70. The van der Waals surface area contributed by atoms with Gasteiger partial charge < -0.3 is 10.6 Å². The number of hydrogen-bond acceptors (Lipinski definition) is 3. The van der Waals surface area contributed by atoms with Gasteiger partial charge in [0.25, 0.3) is 0 Å².